The van der Waals surface area contributed by atoms with Gasteiger partial charge >= 0.3 is 0 Å². The minimum absolute atomic E-state index is 0.695. The van der Waals surface area contributed by atoms with E-state index in [1.807, 2.05) is 12.1 Å². The van der Waals surface area contributed by atoms with Gasteiger partial charge in [-0.05, 0) is 43.0 Å². The molecule has 1 fully saturated rings. The van der Waals surface area contributed by atoms with Gasteiger partial charge in [-0.2, -0.15) is 0 Å². The number of rotatable bonds is 4. The Labute approximate surface area is 90.9 Å². The lowest BCUT2D eigenvalue weighted by atomic mass is 10.0. The van der Waals surface area contributed by atoms with E-state index < -0.39 is 0 Å². The third-order valence-electron chi connectivity index (χ3n) is 2.77. The Kier molecular flexibility index (Phi) is 4.11. The van der Waals surface area contributed by atoms with Crippen molar-refractivity contribution in [1.82, 2.24) is 10.3 Å². The normalized spacial score (nSPS) is 21.5. The van der Waals surface area contributed by atoms with Crippen LogP contribution in [0.1, 0.15) is 18.4 Å². The van der Waals surface area contributed by atoms with Crippen LogP contribution in [0.2, 0.25) is 0 Å². The smallest absolute Gasteiger partial charge is 0.0718 e. The van der Waals surface area contributed by atoms with E-state index in [0.717, 1.165) is 13.2 Å². The number of hydrogen-bond donors (Lipinski definition) is 1. The third kappa shape index (κ3) is 3.61. The molecule has 0 saturated carbocycles. The van der Waals surface area contributed by atoms with Gasteiger partial charge in [-0.3, -0.25) is 4.98 Å². The highest BCUT2D eigenvalue weighted by Gasteiger charge is 2.12. The summed E-state index contributed by atoms with van der Waals surface area (Å²) >= 11 is 0. The first-order valence-electron chi connectivity index (χ1n) is 5.62. The maximum atomic E-state index is 5.69. The van der Waals surface area contributed by atoms with Gasteiger partial charge in [-0.1, -0.05) is 0 Å². The van der Waals surface area contributed by atoms with Crippen LogP contribution in [-0.2, 0) is 11.3 Å². The summed E-state index contributed by atoms with van der Waals surface area (Å²) in [5.41, 5.74) is 1.20. The Hall–Kier alpha value is -0.930. The predicted octanol–water partition coefficient (Wildman–Crippen LogP) is 1.60. The van der Waals surface area contributed by atoms with Crippen molar-refractivity contribution in [1.29, 1.82) is 0 Å². The summed E-state index contributed by atoms with van der Waals surface area (Å²) in [7, 11) is 0. The fourth-order valence-corrected chi connectivity index (χ4v) is 1.89. The molecule has 1 aromatic rings. The molecule has 0 radical (unpaired) electrons. The molecular formula is C12H18N2O. The van der Waals surface area contributed by atoms with Crippen molar-refractivity contribution in [3.05, 3.63) is 30.1 Å². The second kappa shape index (κ2) is 5.83. The molecule has 0 amide bonds. The number of aromatic nitrogens is 1. The maximum absolute atomic E-state index is 5.69. The average Bonchev–Trinajstić information content (AvgIpc) is 2.32. The molecule has 0 aliphatic carbocycles. The summed E-state index contributed by atoms with van der Waals surface area (Å²) < 4.78 is 5.69. The Morgan fingerprint density at radius 2 is 2.27 bits per heavy atom. The van der Waals surface area contributed by atoms with Gasteiger partial charge in [0.15, 0.2) is 0 Å². The number of nitrogens with one attached hydrogen (secondary N) is 1. The average molecular weight is 206 g/mol. The summed E-state index contributed by atoms with van der Waals surface area (Å²) in [5.74, 6) is 0.695. The van der Waals surface area contributed by atoms with Gasteiger partial charge in [0.25, 0.3) is 0 Å². The van der Waals surface area contributed by atoms with Crippen LogP contribution in [0, 0.1) is 5.92 Å². The van der Waals surface area contributed by atoms with E-state index in [1.165, 1.54) is 24.9 Å². The van der Waals surface area contributed by atoms with E-state index in [0.29, 0.717) is 12.5 Å². The van der Waals surface area contributed by atoms with E-state index in [9.17, 15) is 0 Å². The van der Waals surface area contributed by atoms with Gasteiger partial charge in [0.05, 0.1) is 13.2 Å². The van der Waals surface area contributed by atoms with E-state index in [1.54, 1.807) is 12.4 Å². The molecule has 82 valence electrons. The van der Waals surface area contributed by atoms with Crippen LogP contribution in [0.25, 0.3) is 0 Å². The second-order valence-electron chi connectivity index (χ2n) is 4.08. The largest absolute Gasteiger partial charge is 0.376 e. The Morgan fingerprint density at radius 3 is 3.00 bits per heavy atom. The molecule has 1 aliphatic rings. The highest BCUT2D eigenvalue weighted by molar-refractivity contribution is 5.07. The molecule has 15 heavy (non-hydrogen) atoms. The van der Waals surface area contributed by atoms with Gasteiger partial charge in [-0.25, -0.2) is 0 Å². The molecule has 2 rings (SSSR count). The van der Waals surface area contributed by atoms with Crippen LogP contribution in [0.5, 0.6) is 0 Å². The number of nitrogens with zero attached hydrogens (tertiary/aromatic N) is 1. The zero-order valence-corrected chi connectivity index (χ0v) is 8.98. The summed E-state index contributed by atoms with van der Waals surface area (Å²) in [6.07, 6.45) is 6.19. The van der Waals surface area contributed by atoms with Crippen LogP contribution in [0.15, 0.2) is 24.5 Å². The van der Waals surface area contributed by atoms with Crippen LogP contribution < -0.4 is 5.32 Å². The maximum Gasteiger partial charge on any atom is 0.0718 e. The molecule has 3 heteroatoms. The highest BCUT2D eigenvalue weighted by atomic mass is 16.5. The van der Waals surface area contributed by atoms with Gasteiger partial charge < -0.3 is 10.1 Å². The Balaban J connectivity index is 1.66. The van der Waals surface area contributed by atoms with Crippen molar-refractivity contribution < 1.29 is 4.74 Å². The quantitative estimate of drug-likeness (QED) is 0.812. The second-order valence-corrected chi connectivity index (χ2v) is 4.08. The van der Waals surface area contributed by atoms with E-state index in [-0.39, 0.29) is 0 Å². The SMILES string of the molecule is c1cc(COC[C@H]2CCCNC2)ccn1. The fourth-order valence-electron chi connectivity index (χ4n) is 1.89. The molecule has 1 N–H and O–H groups in total. The summed E-state index contributed by atoms with van der Waals surface area (Å²) in [6, 6.07) is 4.00. The molecule has 2 heterocycles. The topological polar surface area (TPSA) is 34.1 Å². The van der Waals surface area contributed by atoms with Crippen LogP contribution in [0.4, 0.5) is 0 Å². The van der Waals surface area contributed by atoms with E-state index in [2.05, 4.69) is 10.3 Å². The predicted molar refractivity (Wildman–Crippen MR) is 59.5 cm³/mol. The molecular weight excluding hydrogens is 188 g/mol. The molecule has 0 unspecified atom stereocenters. The molecule has 1 aliphatic heterocycles. The van der Waals surface area contributed by atoms with Gasteiger partial charge in [0, 0.05) is 18.9 Å². The molecule has 1 saturated heterocycles. The molecule has 0 spiro atoms. The zero-order valence-electron chi connectivity index (χ0n) is 8.98. The monoisotopic (exact) mass is 206 g/mol. The zero-order chi connectivity index (χ0) is 10.3. The van der Waals surface area contributed by atoms with E-state index in [4.69, 9.17) is 4.74 Å². The van der Waals surface area contributed by atoms with Crippen molar-refractivity contribution in [3.63, 3.8) is 0 Å². The lowest BCUT2D eigenvalue weighted by Gasteiger charge is -2.22. The van der Waals surface area contributed by atoms with Crippen molar-refractivity contribution in [2.75, 3.05) is 19.7 Å². The van der Waals surface area contributed by atoms with Crippen LogP contribution >= 0.6 is 0 Å². The lowest BCUT2D eigenvalue weighted by Crippen LogP contribution is -2.32. The van der Waals surface area contributed by atoms with Crippen LogP contribution in [-0.4, -0.2) is 24.7 Å². The first kappa shape index (κ1) is 10.6. The van der Waals surface area contributed by atoms with E-state index >= 15 is 0 Å². The molecule has 0 bridgehead atoms. The summed E-state index contributed by atoms with van der Waals surface area (Å²) in [4.78, 5) is 3.98. The van der Waals surface area contributed by atoms with Crippen molar-refractivity contribution >= 4 is 0 Å². The Morgan fingerprint density at radius 1 is 1.40 bits per heavy atom. The third-order valence-corrected chi connectivity index (χ3v) is 2.77. The van der Waals surface area contributed by atoms with Crippen molar-refractivity contribution in [2.45, 2.75) is 19.4 Å². The summed E-state index contributed by atoms with van der Waals surface area (Å²) in [6.45, 7) is 3.85. The lowest BCUT2D eigenvalue weighted by molar-refractivity contribution is 0.0782. The number of ether oxygens (including phenoxy) is 1. The summed E-state index contributed by atoms with van der Waals surface area (Å²) in [5, 5.41) is 3.39. The van der Waals surface area contributed by atoms with Gasteiger partial charge in [-0.15, -0.1) is 0 Å². The number of piperidine rings is 1. The van der Waals surface area contributed by atoms with Crippen molar-refractivity contribution in [2.24, 2.45) is 5.92 Å². The standard InChI is InChI=1S/C12H18N2O/c1-2-12(8-14-5-1)10-15-9-11-3-6-13-7-4-11/h3-4,6-7,12,14H,1-2,5,8-10H2/t12-/m0/s1. The number of hydrogen-bond acceptors (Lipinski definition) is 3. The highest BCUT2D eigenvalue weighted by Crippen LogP contribution is 2.11. The van der Waals surface area contributed by atoms with Gasteiger partial charge in [0.2, 0.25) is 0 Å². The first-order chi connectivity index (χ1) is 7.45. The molecule has 3 nitrogen and oxygen atoms in total. The minimum Gasteiger partial charge on any atom is -0.376 e. The first-order valence-corrected chi connectivity index (χ1v) is 5.62. The molecule has 1 aromatic heterocycles. The number of pyridine rings is 1. The fraction of sp³-hybridized carbons (Fsp3) is 0.583. The molecule has 0 aromatic carbocycles. The minimum atomic E-state index is 0.695. The van der Waals surface area contributed by atoms with Gasteiger partial charge in [0.1, 0.15) is 0 Å². The Bertz CT molecular complexity index is 270. The van der Waals surface area contributed by atoms with Crippen molar-refractivity contribution in [3.8, 4) is 0 Å². The van der Waals surface area contributed by atoms with Crippen LogP contribution in [0.3, 0.4) is 0 Å². The molecule has 1 atom stereocenters.